The van der Waals surface area contributed by atoms with E-state index in [1.807, 2.05) is 0 Å². The quantitative estimate of drug-likeness (QED) is 0.456. The van der Waals surface area contributed by atoms with Crippen LogP contribution in [0.3, 0.4) is 0 Å². The van der Waals surface area contributed by atoms with Gasteiger partial charge in [-0.3, -0.25) is 4.79 Å². The van der Waals surface area contributed by atoms with Gasteiger partial charge in [0.15, 0.2) is 0 Å². The van der Waals surface area contributed by atoms with E-state index in [2.05, 4.69) is 0 Å². The molecule has 0 aliphatic carbocycles. The van der Waals surface area contributed by atoms with Crippen LogP contribution in [-0.4, -0.2) is 111 Å². The van der Waals surface area contributed by atoms with E-state index in [4.69, 9.17) is 24.9 Å². The van der Waals surface area contributed by atoms with Crippen molar-refractivity contribution in [2.45, 2.75) is 6.92 Å². The summed E-state index contributed by atoms with van der Waals surface area (Å²) in [4.78, 5) is 17.6. The molecule has 0 heterocycles. The predicted octanol–water partition coefficient (Wildman–Crippen LogP) is -1.52. The first-order valence-corrected chi connectivity index (χ1v) is 1.58. The number of aliphatic carboxylic acids is 1. The summed E-state index contributed by atoms with van der Waals surface area (Å²) in [5.41, 5.74) is 0. The van der Waals surface area contributed by atoms with E-state index in [-0.39, 0.29) is 83.2 Å². The number of hydrogen-bond donors (Lipinski definition) is 3. The first kappa shape index (κ1) is 22.5. The number of carbonyl (C=O) groups is 2. The van der Waals surface area contributed by atoms with E-state index >= 15 is 0 Å². The van der Waals surface area contributed by atoms with Gasteiger partial charge < -0.3 is 15.3 Å². The van der Waals surface area contributed by atoms with Crippen molar-refractivity contribution in [1.29, 1.82) is 0 Å². The maximum absolute atomic E-state index is 9.00. The SMILES string of the molecule is CC(=O)O.O=C(O)O.[CaH2].[SrH2]. The molecular formula is C3H10CaO5Sr. The standard InChI is InChI=1S/C2H4O2.CH2O3.Ca.Sr.4H/c1-2(3)4;2-1(3)4;;;;;;/h1H3,(H,3,4);(H2,2,3,4);;;;;;. The van der Waals surface area contributed by atoms with Crippen LogP contribution in [0.5, 0.6) is 0 Å². The molecule has 7 heteroatoms. The van der Waals surface area contributed by atoms with E-state index in [1.54, 1.807) is 0 Å². The molecule has 0 spiro atoms. The normalized spacial score (nSPS) is 4.90. The van der Waals surface area contributed by atoms with Crippen LogP contribution in [-0.2, 0) is 4.79 Å². The molecule has 0 saturated carbocycles. The Balaban J connectivity index is -0.0000000300. The van der Waals surface area contributed by atoms with Gasteiger partial charge in [0.25, 0.3) is 5.97 Å². The Morgan fingerprint density at radius 1 is 1.10 bits per heavy atom. The average Bonchev–Trinajstić information content (AvgIpc) is 1.25. The van der Waals surface area contributed by atoms with Gasteiger partial charge in [-0.15, -0.1) is 0 Å². The van der Waals surface area contributed by atoms with Gasteiger partial charge in [0.1, 0.15) is 0 Å². The minimum atomic E-state index is -1.83. The molecule has 0 aromatic rings. The first-order valence-electron chi connectivity index (χ1n) is 1.58. The Hall–Kier alpha value is 1.48. The number of rotatable bonds is 0. The van der Waals surface area contributed by atoms with Crippen LogP contribution in [0.4, 0.5) is 4.79 Å². The zero-order chi connectivity index (χ0) is 7.15. The van der Waals surface area contributed by atoms with Crippen molar-refractivity contribution in [1.82, 2.24) is 0 Å². The molecule has 0 saturated heterocycles. The van der Waals surface area contributed by atoms with Crippen LogP contribution in [0.15, 0.2) is 0 Å². The van der Waals surface area contributed by atoms with Crippen LogP contribution in [0.1, 0.15) is 6.92 Å². The van der Waals surface area contributed by atoms with Gasteiger partial charge in [0.2, 0.25) is 0 Å². The topological polar surface area (TPSA) is 94.8 Å². The zero-order valence-electron chi connectivity index (χ0n) is 4.16. The third-order valence-corrected chi connectivity index (χ3v) is 0. The summed E-state index contributed by atoms with van der Waals surface area (Å²) >= 11 is 0. The molecule has 0 bridgehead atoms. The van der Waals surface area contributed by atoms with Crippen molar-refractivity contribution in [2.75, 3.05) is 0 Å². The van der Waals surface area contributed by atoms with Crippen LogP contribution >= 0.6 is 0 Å². The van der Waals surface area contributed by atoms with Crippen molar-refractivity contribution in [2.24, 2.45) is 0 Å². The van der Waals surface area contributed by atoms with Crippen molar-refractivity contribution in [3.05, 3.63) is 0 Å². The van der Waals surface area contributed by atoms with Crippen LogP contribution < -0.4 is 0 Å². The summed E-state index contributed by atoms with van der Waals surface area (Å²) < 4.78 is 0. The Kier molecular flexibility index (Phi) is 37.9. The molecule has 0 radical (unpaired) electrons. The van der Waals surface area contributed by atoms with Gasteiger partial charge in [-0.05, 0) is 0 Å². The number of hydrogen-bond acceptors (Lipinski definition) is 2. The number of carboxylic acids is 1. The van der Waals surface area contributed by atoms with Gasteiger partial charge in [-0.1, -0.05) is 0 Å². The fourth-order valence-electron chi connectivity index (χ4n) is 0. The van der Waals surface area contributed by atoms with E-state index in [0.717, 1.165) is 6.92 Å². The molecular weight excluding hydrogens is 244 g/mol. The van der Waals surface area contributed by atoms with Gasteiger partial charge in [-0.2, -0.15) is 0 Å². The second-order valence-corrected chi connectivity index (χ2v) is 0.802. The molecule has 10 heavy (non-hydrogen) atoms. The summed E-state index contributed by atoms with van der Waals surface area (Å²) in [5, 5.41) is 21.4. The van der Waals surface area contributed by atoms with E-state index < -0.39 is 12.1 Å². The Morgan fingerprint density at radius 3 is 1.10 bits per heavy atom. The fraction of sp³-hybridized carbons (Fsp3) is 0.333. The molecule has 56 valence electrons. The summed E-state index contributed by atoms with van der Waals surface area (Å²) in [6, 6.07) is 0. The number of carboxylic acid groups (broad SMARTS) is 3. The van der Waals surface area contributed by atoms with Crippen LogP contribution in [0, 0.1) is 0 Å². The average molecular weight is 254 g/mol. The second kappa shape index (κ2) is 16.8. The molecule has 0 unspecified atom stereocenters. The summed E-state index contributed by atoms with van der Waals surface area (Å²) in [5.74, 6) is -0.833. The Bertz CT molecular complexity index is 74.9. The van der Waals surface area contributed by atoms with Crippen molar-refractivity contribution in [3.63, 3.8) is 0 Å². The molecule has 0 fully saturated rings. The molecule has 5 nitrogen and oxygen atoms in total. The molecule has 0 atom stereocenters. The molecule has 0 amide bonds. The van der Waals surface area contributed by atoms with E-state index in [1.165, 1.54) is 0 Å². The van der Waals surface area contributed by atoms with Crippen molar-refractivity contribution in [3.8, 4) is 0 Å². The second-order valence-electron chi connectivity index (χ2n) is 0.802. The van der Waals surface area contributed by atoms with Gasteiger partial charge >= 0.3 is 89.4 Å². The molecule has 3 N–H and O–H groups in total. The zero-order valence-corrected chi connectivity index (χ0v) is 4.16. The summed E-state index contributed by atoms with van der Waals surface area (Å²) in [6.45, 7) is 1.08. The van der Waals surface area contributed by atoms with Crippen molar-refractivity contribution >= 4 is 95.3 Å². The van der Waals surface area contributed by atoms with E-state index in [9.17, 15) is 0 Å². The molecule has 0 aromatic heterocycles. The first-order chi connectivity index (χ1) is 3.46. The summed E-state index contributed by atoms with van der Waals surface area (Å²) in [6.07, 6.45) is -1.83. The molecule has 0 aliphatic rings. The van der Waals surface area contributed by atoms with Crippen LogP contribution in [0.2, 0.25) is 0 Å². The van der Waals surface area contributed by atoms with Crippen LogP contribution in [0.25, 0.3) is 0 Å². The Morgan fingerprint density at radius 2 is 1.10 bits per heavy atom. The monoisotopic (exact) mass is 254 g/mol. The van der Waals surface area contributed by atoms with Gasteiger partial charge in [0.05, 0.1) is 0 Å². The maximum atomic E-state index is 9.00. The van der Waals surface area contributed by atoms with Gasteiger partial charge in [0, 0.05) is 6.92 Å². The van der Waals surface area contributed by atoms with E-state index in [0.29, 0.717) is 0 Å². The van der Waals surface area contributed by atoms with Gasteiger partial charge in [-0.25, -0.2) is 4.79 Å². The minimum absolute atomic E-state index is 0. The molecule has 0 aromatic carbocycles. The third-order valence-electron chi connectivity index (χ3n) is 0. The molecule has 0 aliphatic heterocycles. The fourth-order valence-corrected chi connectivity index (χ4v) is 0. The van der Waals surface area contributed by atoms with Crippen molar-refractivity contribution < 1.29 is 24.9 Å². The molecule has 0 rings (SSSR count). The predicted molar refractivity (Wildman–Crippen MR) is 41.1 cm³/mol. The third kappa shape index (κ3) is 311. The summed E-state index contributed by atoms with van der Waals surface area (Å²) in [7, 11) is 0. The Labute approximate surface area is 125 Å².